The second kappa shape index (κ2) is 7.83. The summed E-state index contributed by atoms with van der Waals surface area (Å²) >= 11 is 0. The van der Waals surface area contributed by atoms with E-state index in [-0.39, 0.29) is 29.2 Å². The third-order valence-corrected chi connectivity index (χ3v) is 6.55. The Hall–Kier alpha value is -2.55. The zero-order chi connectivity index (χ0) is 20.5. The molecule has 2 heterocycles. The highest BCUT2D eigenvalue weighted by molar-refractivity contribution is 7.91. The Bertz CT molecular complexity index is 981. The number of benzene rings is 1. The molecule has 0 radical (unpaired) electrons. The first-order valence-electron chi connectivity index (χ1n) is 9.07. The molecule has 0 bridgehead atoms. The van der Waals surface area contributed by atoms with Crippen molar-refractivity contribution >= 4 is 21.4 Å². The van der Waals surface area contributed by atoms with Crippen LogP contribution in [0.3, 0.4) is 0 Å². The van der Waals surface area contributed by atoms with E-state index in [1.54, 1.807) is 36.1 Å². The molecule has 0 spiro atoms. The summed E-state index contributed by atoms with van der Waals surface area (Å²) < 4.78 is 35.9. The maximum Gasteiger partial charge on any atom is 0.276 e. The van der Waals surface area contributed by atoms with E-state index < -0.39 is 15.7 Å². The number of nitrogens with zero attached hydrogens (tertiary/aromatic N) is 2. The topological polar surface area (TPSA) is 99.5 Å². The maximum atomic E-state index is 12.8. The van der Waals surface area contributed by atoms with Crippen molar-refractivity contribution in [1.82, 2.24) is 9.78 Å². The summed E-state index contributed by atoms with van der Waals surface area (Å²) in [5.74, 6) is 0.994. The molecule has 28 heavy (non-hydrogen) atoms. The van der Waals surface area contributed by atoms with Gasteiger partial charge in [-0.2, -0.15) is 5.10 Å². The van der Waals surface area contributed by atoms with Crippen LogP contribution in [0.5, 0.6) is 11.5 Å². The Morgan fingerprint density at radius 2 is 2.00 bits per heavy atom. The highest BCUT2D eigenvalue weighted by Gasteiger charge is 2.32. The number of aromatic nitrogens is 2. The van der Waals surface area contributed by atoms with Gasteiger partial charge in [0.25, 0.3) is 5.91 Å². The number of nitrogens with one attached hydrogen (secondary N) is 1. The lowest BCUT2D eigenvalue weighted by Crippen LogP contribution is -2.17. The summed E-state index contributed by atoms with van der Waals surface area (Å²) in [4.78, 5) is 12.8. The summed E-state index contributed by atoms with van der Waals surface area (Å²) in [6.07, 6.45) is 0.508. The summed E-state index contributed by atoms with van der Waals surface area (Å²) in [6, 6.07) is 6.59. The molecule has 9 heteroatoms. The van der Waals surface area contributed by atoms with Crippen molar-refractivity contribution in [3.8, 4) is 11.5 Å². The van der Waals surface area contributed by atoms with Gasteiger partial charge in [-0.3, -0.25) is 9.48 Å². The fourth-order valence-electron chi connectivity index (χ4n) is 3.31. The Kier molecular flexibility index (Phi) is 5.64. The van der Waals surface area contributed by atoms with E-state index in [2.05, 4.69) is 10.4 Å². The van der Waals surface area contributed by atoms with Gasteiger partial charge in [0.05, 0.1) is 37.5 Å². The van der Waals surface area contributed by atoms with Crippen molar-refractivity contribution in [1.29, 1.82) is 0 Å². The van der Waals surface area contributed by atoms with Gasteiger partial charge in [0.2, 0.25) is 0 Å². The first-order valence-corrected chi connectivity index (χ1v) is 10.9. The minimum Gasteiger partial charge on any atom is -0.497 e. The summed E-state index contributed by atoms with van der Waals surface area (Å²) in [5.41, 5.74) is 1.54. The van der Waals surface area contributed by atoms with Crippen LogP contribution in [0.1, 0.15) is 48.4 Å². The van der Waals surface area contributed by atoms with Crippen LogP contribution in [0.15, 0.2) is 24.3 Å². The number of rotatable bonds is 6. The normalized spacial score (nSPS) is 18.2. The van der Waals surface area contributed by atoms with Crippen molar-refractivity contribution in [3.05, 3.63) is 35.7 Å². The minimum atomic E-state index is -3.05. The van der Waals surface area contributed by atoms with E-state index in [0.29, 0.717) is 23.6 Å². The predicted molar refractivity (Wildman–Crippen MR) is 106 cm³/mol. The Labute approximate surface area is 164 Å². The molecule has 1 fully saturated rings. The molecule has 0 aliphatic carbocycles. The second-order valence-corrected chi connectivity index (χ2v) is 9.36. The van der Waals surface area contributed by atoms with Gasteiger partial charge in [0.15, 0.2) is 15.5 Å². The van der Waals surface area contributed by atoms with Crippen molar-refractivity contribution in [2.75, 3.05) is 31.0 Å². The van der Waals surface area contributed by atoms with Gasteiger partial charge in [-0.15, -0.1) is 0 Å². The van der Waals surface area contributed by atoms with E-state index in [1.807, 2.05) is 13.8 Å². The van der Waals surface area contributed by atoms with E-state index >= 15 is 0 Å². The number of ether oxygens (including phenoxy) is 2. The van der Waals surface area contributed by atoms with E-state index in [1.165, 1.54) is 7.11 Å². The lowest BCUT2D eigenvalue weighted by molar-refractivity contribution is 0.102. The molecular weight excluding hydrogens is 382 g/mol. The van der Waals surface area contributed by atoms with Gasteiger partial charge >= 0.3 is 0 Å². The van der Waals surface area contributed by atoms with Crippen LogP contribution in [-0.2, 0) is 9.84 Å². The molecule has 3 rings (SSSR count). The van der Waals surface area contributed by atoms with Gasteiger partial charge in [-0.1, -0.05) is 13.8 Å². The fourth-order valence-corrected chi connectivity index (χ4v) is 5.00. The van der Waals surface area contributed by atoms with Gasteiger partial charge in [-0.05, 0) is 30.5 Å². The Morgan fingerprint density at radius 3 is 2.57 bits per heavy atom. The number of hydrogen-bond donors (Lipinski definition) is 1. The van der Waals surface area contributed by atoms with Crippen LogP contribution in [0.4, 0.5) is 5.69 Å². The third-order valence-electron chi connectivity index (χ3n) is 4.80. The number of methoxy groups -OCH3 is 2. The number of carbonyl (C=O) groups is 1. The monoisotopic (exact) mass is 407 g/mol. The molecule has 1 aromatic heterocycles. The largest absolute Gasteiger partial charge is 0.497 e. The number of sulfone groups is 1. The number of carbonyl (C=O) groups excluding carboxylic acids is 1. The molecule has 1 aliphatic heterocycles. The minimum absolute atomic E-state index is 0.0547. The van der Waals surface area contributed by atoms with Gasteiger partial charge in [0, 0.05) is 11.8 Å². The average Bonchev–Trinajstić information content (AvgIpc) is 3.25. The van der Waals surface area contributed by atoms with E-state index in [0.717, 1.165) is 5.69 Å². The molecule has 2 aromatic rings. The van der Waals surface area contributed by atoms with Crippen LogP contribution in [0.25, 0.3) is 0 Å². The van der Waals surface area contributed by atoms with Crippen LogP contribution in [-0.4, -0.2) is 49.8 Å². The fraction of sp³-hybridized carbons (Fsp3) is 0.474. The van der Waals surface area contributed by atoms with Gasteiger partial charge < -0.3 is 14.8 Å². The first-order chi connectivity index (χ1) is 13.2. The standard InChI is InChI=1S/C19H25N3O5S/c1-12(2)17-10-16(21-22(17)13-7-8-28(24,25)11-13)19(23)20-15-9-14(26-3)5-6-18(15)27-4/h5-6,9-10,12-13H,7-8,11H2,1-4H3,(H,20,23)/t13-/m0/s1. The molecule has 1 aliphatic rings. The van der Waals surface area contributed by atoms with Crippen molar-refractivity contribution in [2.24, 2.45) is 0 Å². The third kappa shape index (κ3) is 4.14. The maximum absolute atomic E-state index is 12.8. The second-order valence-electron chi connectivity index (χ2n) is 7.13. The summed E-state index contributed by atoms with van der Waals surface area (Å²) in [5, 5.41) is 7.24. The molecule has 1 saturated heterocycles. The predicted octanol–water partition coefficient (Wildman–Crippen LogP) is 2.64. The molecule has 1 atom stereocenters. The molecule has 152 valence electrons. The highest BCUT2D eigenvalue weighted by Crippen LogP contribution is 2.31. The SMILES string of the molecule is COc1ccc(OC)c(NC(=O)c2cc(C(C)C)n([C@H]3CCS(=O)(=O)C3)n2)c1. The molecule has 1 aromatic carbocycles. The van der Waals surface area contributed by atoms with Crippen LogP contribution in [0.2, 0.25) is 0 Å². The summed E-state index contributed by atoms with van der Waals surface area (Å²) in [6.45, 7) is 3.98. The molecule has 1 N–H and O–H groups in total. The van der Waals surface area contributed by atoms with Crippen LogP contribution < -0.4 is 14.8 Å². The summed E-state index contributed by atoms with van der Waals surface area (Å²) in [7, 11) is 0.00464. The van der Waals surface area contributed by atoms with Gasteiger partial charge in [-0.25, -0.2) is 8.42 Å². The number of anilines is 1. The van der Waals surface area contributed by atoms with Gasteiger partial charge in [0.1, 0.15) is 11.5 Å². The zero-order valence-electron chi connectivity index (χ0n) is 16.4. The highest BCUT2D eigenvalue weighted by atomic mass is 32.2. The molecule has 0 unspecified atom stereocenters. The Balaban J connectivity index is 1.90. The molecule has 8 nitrogen and oxygen atoms in total. The first kappa shape index (κ1) is 20.2. The molecular formula is C19H25N3O5S. The van der Waals surface area contributed by atoms with E-state index in [9.17, 15) is 13.2 Å². The lowest BCUT2D eigenvalue weighted by Gasteiger charge is -2.15. The van der Waals surface area contributed by atoms with Crippen molar-refractivity contribution < 1.29 is 22.7 Å². The molecule has 0 saturated carbocycles. The van der Waals surface area contributed by atoms with Crippen molar-refractivity contribution in [3.63, 3.8) is 0 Å². The van der Waals surface area contributed by atoms with E-state index in [4.69, 9.17) is 9.47 Å². The Morgan fingerprint density at radius 1 is 1.25 bits per heavy atom. The smallest absolute Gasteiger partial charge is 0.276 e. The number of hydrogen-bond acceptors (Lipinski definition) is 6. The van der Waals surface area contributed by atoms with Crippen LogP contribution >= 0.6 is 0 Å². The molecule has 1 amide bonds. The quantitative estimate of drug-likeness (QED) is 0.790. The number of amides is 1. The van der Waals surface area contributed by atoms with Crippen molar-refractivity contribution in [2.45, 2.75) is 32.2 Å². The lowest BCUT2D eigenvalue weighted by atomic mass is 10.1. The average molecular weight is 407 g/mol. The zero-order valence-corrected chi connectivity index (χ0v) is 17.2. The van der Waals surface area contributed by atoms with Crippen LogP contribution in [0, 0.1) is 0 Å².